The van der Waals surface area contributed by atoms with Crippen LogP contribution < -0.4 is 17.2 Å². The van der Waals surface area contributed by atoms with Crippen LogP contribution in [0.2, 0.25) is 0 Å². The van der Waals surface area contributed by atoms with Gasteiger partial charge in [-0.3, -0.25) is 4.79 Å². The van der Waals surface area contributed by atoms with Crippen LogP contribution in [0.5, 0.6) is 0 Å². The second-order valence-corrected chi connectivity index (χ2v) is 6.16. The van der Waals surface area contributed by atoms with E-state index in [1.54, 1.807) is 0 Å². The monoisotopic (exact) mass is 324 g/mol. The van der Waals surface area contributed by atoms with Crippen LogP contribution in [0.15, 0.2) is 53.5 Å². The lowest BCUT2D eigenvalue weighted by Gasteiger charge is -2.05. The highest BCUT2D eigenvalue weighted by Crippen LogP contribution is 2.34. The molecule has 1 heterocycles. The number of carbonyl (C=O) groups is 1. The van der Waals surface area contributed by atoms with Crippen LogP contribution >= 0.6 is 11.3 Å². The van der Waals surface area contributed by atoms with Crippen molar-refractivity contribution in [1.29, 1.82) is 0 Å². The fourth-order valence-corrected chi connectivity index (χ4v) is 3.43. The molecule has 0 unspecified atom stereocenters. The number of hydrogen-bond donors (Lipinski definition) is 3. The first-order chi connectivity index (χ1) is 11.1. The summed E-state index contributed by atoms with van der Waals surface area (Å²) < 4.78 is 1.01. The van der Waals surface area contributed by atoms with Crippen molar-refractivity contribution in [2.45, 2.75) is 6.54 Å². The van der Waals surface area contributed by atoms with Crippen LogP contribution in [0.25, 0.3) is 21.2 Å². The van der Waals surface area contributed by atoms with E-state index in [0.29, 0.717) is 11.4 Å². The van der Waals surface area contributed by atoms with Gasteiger partial charge in [0.1, 0.15) is 0 Å². The largest absolute Gasteiger partial charge is 0.370 e. The normalized spacial score (nSPS) is 10.7. The lowest BCUT2D eigenvalue weighted by Crippen LogP contribution is -2.24. The van der Waals surface area contributed by atoms with E-state index in [9.17, 15) is 4.79 Å². The molecule has 0 aliphatic heterocycles. The van der Waals surface area contributed by atoms with Crippen LogP contribution in [0.4, 0.5) is 0 Å². The van der Waals surface area contributed by atoms with Crippen molar-refractivity contribution in [3.63, 3.8) is 0 Å². The first-order valence-corrected chi connectivity index (χ1v) is 7.86. The number of rotatable bonds is 3. The quantitative estimate of drug-likeness (QED) is 0.508. The molecular formula is C17H16N4OS. The third-order valence-electron chi connectivity index (χ3n) is 3.48. The minimum atomic E-state index is -0.423. The molecule has 6 heteroatoms. The summed E-state index contributed by atoms with van der Waals surface area (Å²) in [5, 5.41) is 1.00. The maximum absolute atomic E-state index is 12.0. The number of carbonyl (C=O) groups excluding carboxylic acids is 1. The molecule has 3 aromatic rings. The predicted molar refractivity (Wildman–Crippen MR) is 95.3 cm³/mol. The van der Waals surface area contributed by atoms with E-state index in [0.717, 1.165) is 26.8 Å². The van der Waals surface area contributed by atoms with E-state index in [4.69, 9.17) is 17.2 Å². The summed E-state index contributed by atoms with van der Waals surface area (Å²) in [6, 6.07) is 15.9. The molecule has 5 nitrogen and oxygen atoms in total. The summed E-state index contributed by atoms with van der Waals surface area (Å²) in [4.78, 5) is 16.1. The van der Waals surface area contributed by atoms with Crippen LogP contribution in [0, 0.1) is 0 Å². The molecule has 0 saturated heterocycles. The average molecular weight is 324 g/mol. The minimum absolute atomic E-state index is 0.233. The fraction of sp³-hybridized carbons (Fsp3) is 0.0588. The lowest BCUT2D eigenvalue weighted by atomic mass is 10.00. The number of fused-ring (bicyclic) bond motifs is 1. The van der Waals surface area contributed by atoms with Crippen molar-refractivity contribution in [1.82, 2.24) is 0 Å². The number of amides is 1. The molecule has 0 bridgehead atoms. The van der Waals surface area contributed by atoms with Gasteiger partial charge in [0.15, 0.2) is 5.96 Å². The van der Waals surface area contributed by atoms with Crippen molar-refractivity contribution in [2.75, 3.05) is 0 Å². The minimum Gasteiger partial charge on any atom is -0.370 e. The van der Waals surface area contributed by atoms with E-state index >= 15 is 0 Å². The molecule has 0 aliphatic carbocycles. The van der Waals surface area contributed by atoms with Gasteiger partial charge >= 0.3 is 0 Å². The average Bonchev–Trinajstić information content (AvgIpc) is 2.98. The van der Waals surface area contributed by atoms with Crippen molar-refractivity contribution in [2.24, 2.45) is 22.2 Å². The van der Waals surface area contributed by atoms with Gasteiger partial charge in [0.25, 0.3) is 5.91 Å². The Bertz CT molecular complexity index is 910. The molecule has 1 amide bonds. The fourth-order valence-electron chi connectivity index (χ4n) is 2.46. The first kappa shape index (κ1) is 15.2. The summed E-state index contributed by atoms with van der Waals surface area (Å²) in [6.07, 6.45) is 0. The summed E-state index contributed by atoms with van der Waals surface area (Å²) >= 11 is 1.37. The third-order valence-corrected chi connectivity index (χ3v) is 4.56. The van der Waals surface area contributed by atoms with Gasteiger partial charge in [0, 0.05) is 16.6 Å². The number of nitrogens with two attached hydrogens (primary N) is 3. The zero-order chi connectivity index (χ0) is 16.4. The van der Waals surface area contributed by atoms with Crippen LogP contribution in [0.3, 0.4) is 0 Å². The standard InChI is InChI=1S/C17H16N4OS/c18-9-10-3-1-4-11(7-10)12-5-2-6-14-13(12)8-15(23-14)16(22)21-17(19)20/h1-8H,9,18H2,(H4,19,20,21,22). The molecule has 6 N–H and O–H groups in total. The van der Waals surface area contributed by atoms with Crippen molar-refractivity contribution in [3.8, 4) is 11.1 Å². The maximum atomic E-state index is 12.0. The molecule has 0 saturated carbocycles. The highest BCUT2D eigenvalue weighted by molar-refractivity contribution is 7.20. The highest BCUT2D eigenvalue weighted by Gasteiger charge is 2.13. The van der Waals surface area contributed by atoms with Gasteiger partial charge in [-0.15, -0.1) is 11.3 Å². The number of hydrogen-bond acceptors (Lipinski definition) is 3. The van der Waals surface area contributed by atoms with Gasteiger partial charge in [-0.25, -0.2) is 0 Å². The zero-order valence-electron chi connectivity index (χ0n) is 12.3. The highest BCUT2D eigenvalue weighted by atomic mass is 32.1. The number of guanidine groups is 1. The Morgan fingerprint density at radius 2 is 1.87 bits per heavy atom. The van der Waals surface area contributed by atoms with Gasteiger partial charge in [0.05, 0.1) is 4.88 Å². The van der Waals surface area contributed by atoms with Crippen LogP contribution in [-0.2, 0) is 6.54 Å². The lowest BCUT2D eigenvalue weighted by molar-refractivity contribution is 0.101. The van der Waals surface area contributed by atoms with Crippen LogP contribution in [0.1, 0.15) is 15.2 Å². The Hall–Kier alpha value is -2.70. The third kappa shape index (κ3) is 3.08. The molecule has 0 radical (unpaired) electrons. The topological polar surface area (TPSA) is 107 Å². The predicted octanol–water partition coefficient (Wildman–Crippen LogP) is 2.44. The van der Waals surface area contributed by atoms with Crippen molar-refractivity contribution in [3.05, 3.63) is 59.0 Å². The van der Waals surface area contributed by atoms with Gasteiger partial charge in [-0.05, 0) is 34.9 Å². The Morgan fingerprint density at radius 1 is 1.09 bits per heavy atom. The van der Waals surface area contributed by atoms with Gasteiger partial charge in [-0.1, -0.05) is 30.3 Å². The van der Waals surface area contributed by atoms with E-state index < -0.39 is 5.91 Å². The summed E-state index contributed by atoms with van der Waals surface area (Å²) in [6.45, 7) is 0.488. The second-order valence-electron chi connectivity index (χ2n) is 5.07. The van der Waals surface area contributed by atoms with Crippen LogP contribution in [-0.4, -0.2) is 11.9 Å². The Labute approximate surface area is 137 Å². The molecule has 0 aliphatic rings. The number of aliphatic imine (C=N–C) groups is 1. The van der Waals surface area contributed by atoms with Crippen molar-refractivity contribution < 1.29 is 4.79 Å². The molecule has 23 heavy (non-hydrogen) atoms. The molecule has 0 fully saturated rings. The molecule has 1 aromatic heterocycles. The molecule has 2 aromatic carbocycles. The van der Waals surface area contributed by atoms with Crippen molar-refractivity contribution >= 4 is 33.3 Å². The van der Waals surface area contributed by atoms with Gasteiger partial charge in [0.2, 0.25) is 0 Å². The smallest absolute Gasteiger partial charge is 0.290 e. The van der Waals surface area contributed by atoms with E-state index in [1.807, 2.05) is 42.5 Å². The maximum Gasteiger partial charge on any atom is 0.290 e. The second kappa shape index (κ2) is 6.20. The van der Waals surface area contributed by atoms with Gasteiger partial charge in [-0.2, -0.15) is 4.99 Å². The zero-order valence-corrected chi connectivity index (χ0v) is 13.1. The van der Waals surface area contributed by atoms with Gasteiger partial charge < -0.3 is 17.2 Å². The first-order valence-electron chi connectivity index (χ1n) is 7.04. The molecule has 0 spiro atoms. The number of thiophene rings is 1. The summed E-state index contributed by atoms with van der Waals surface area (Å²) in [5.41, 5.74) is 19.5. The summed E-state index contributed by atoms with van der Waals surface area (Å²) in [5.74, 6) is -0.656. The Morgan fingerprint density at radius 3 is 2.61 bits per heavy atom. The molecule has 3 rings (SSSR count). The molecule has 116 valence electrons. The van der Waals surface area contributed by atoms with E-state index in [1.165, 1.54) is 11.3 Å². The Balaban J connectivity index is 2.13. The summed E-state index contributed by atoms with van der Waals surface area (Å²) in [7, 11) is 0. The Kier molecular flexibility index (Phi) is 4.10. The van der Waals surface area contributed by atoms with E-state index in [-0.39, 0.29) is 5.96 Å². The molecular weight excluding hydrogens is 308 g/mol. The number of benzene rings is 2. The number of nitrogens with zero attached hydrogens (tertiary/aromatic N) is 1. The van der Waals surface area contributed by atoms with E-state index in [2.05, 4.69) is 11.1 Å². The molecule has 0 atom stereocenters. The SMILES string of the molecule is NCc1cccc(-c2cccc3sc(C(=O)N=C(N)N)cc23)c1.